The van der Waals surface area contributed by atoms with Crippen molar-refractivity contribution in [2.75, 3.05) is 13.1 Å². The van der Waals surface area contributed by atoms with Crippen LogP contribution in [0.25, 0.3) is 22.4 Å². The number of amides is 1. The second kappa shape index (κ2) is 9.22. The first-order valence-electron chi connectivity index (χ1n) is 8.67. The van der Waals surface area contributed by atoms with Gasteiger partial charge in [-0.15, -0.1) is 24.8 Å². The normalized spacial score (nSPS) is 19.0. The molecule has 2 aromatic heterocycles. The number of fused-ring (bicyclic) bond motifs is 1. The Bertz CT molecular complexity index is 899. The number of furan rings is 1. The Kier molecular flexibility index (Phi) is 7.25. The van der Waals surface area contributed by atoms with Crippen LogP contribution in [0.15, 0.2) is 53.1 Å². The van der Waals surface area contributed by atoms with Crippen LogP contribution >= 0.6 is 24.8 Å². The van der Waals surface area contributed by atoms with Gasteiger partial charge in [-0.05, 0) is 43.1 Å². The molecule has 1 aliphatic heterocycles. The highest BCUT2D eigenvalue weighted by atomic mass is 35.5. The van der Waals surface area contributed by atoms with Crippen molar-refractivity contribution in [2.45, 2.75) is 19.4 Å². The molecule has 0 saturated carbocycles. The third-order valence-corrected chi connectivity index (χ3v) is 4.88. The van der Waals surface area contributed by atoms with E-state index in [0.717, 1.165) is 30.4 Å². The average Bonchev–Trinajstić information content (AvgIpc) is 3.17. The number of benzene rings is 1. The number of hydrogen-bond acceptors (Lipinski definition) is 4. The predicted octanol–water partition coefficient (Wildman–Crippen LogP) is 4.07. The zero-order chi connectivity index (χ0) is 17.2. The Morgan fingerprint density at radius 1 is 1.22 bits per heavy atom. The molecule has 3 aromatic rings. The minimum atomic E-state index is -0.0630. The SMILES string of the molecule is CC1CCNCC1NC(=O)c1cc(-c2ccco2)nc2ccccc12.Cl.Cl. The fraction of sp³-hybridized carbons (Fsp3) is 0.300. The van der Waals surface area contributed by atoms with Gasteiger partial charge in [0.1, 0.15) is 5.69 Å². The second-order valence-corrected chi connectivity index (χ2v) is 6.60. The average molecular weight is 408 g/mol. The number of hydrogen-bond donors (Lipinski definition) is 2. The van der Waals surface area contributed by atoms with Crippen LogP contribution in [0, 0.1) is 5.92 Å². The van der Waals surface area contributed by atoms with E-state index in [4.69, 9.17) is 4.42 Å². The molecule has 2 unspecified atom stereocenters. The van der Waals surface area contributed by atoms with Gasteiger partial charge in [-0.1, -0.05) is 25.1 Å². The minimum Gasteiger partial charge on any atom is -0.463 e. The molecule has 0 radical (unpaired) electrons. The summed E-state index contributed by atoms with van der Waals surface area (Å²) in [7, 11) is 0. The molecular formula is C20H23Cl2N3O2. The van der Waals surface area contributed by atoms with E-state index in [1.165, 1.54) is 0 Å². The fourth-order valence-electron chi connectivity index (χ4n) is 3.34. The lowest BCUT2D eigenvalue weighted by Crippen LogP contribution is -2.50. The summed E-state index contributed by atoms with van der Waals surface area (Å²) in [5.74, 6) is 1.06. The standard InChI is InChI=1S/C20H21N3O2.2ClH/c1-13-8-9-21-12-18(13)23-20(24)15-11-17(19-7-4-10-25-19)22-16-6-3-2-5-14(15)16;;/h2-7,10-11,13,18,21H,8-9,12H2,1H3,(H,23,24);2*1H. The summed E-state index contributed by atoms with van der Waals surface area (Å²) >= 11 is 0. The third kappa shape index (κ3) is 4.43. The van der Waals surface area contributed by atoms with E-state index < -0.39 is 0 Å². The first-order valence-corrected chi connectivity index (χ1v) is 8.67. The molecule has 0 aliphatic carbocycles. The largest absolute Gasteiger partial charge is 0.463 e. The number of pyridine rings is 1. The van der Waals surface area contributed by atoms with E-state index in [1.807, 2.05) is 42.5 Å². The van der Waals surface area contributed by atoms with E-state index in [-0.39, 0.29) is 36.8 Å². The first kappa shape index (κ1) is 21.2. The van der Waals surface area contributed by atoms with Gasteiger partial charge in [-0.25, -0.2) is 4.98 Å². The molecule has 5 nitrogen and oxygen atoms in total. The zero-order valence-corrected chi connectivity index (χ0v) is 16.6. The van der Waals surface area contributed by atoms with Crippen molar-refractivity contribution in [2.24, 2.45) is 5.92 Å². The van der Waals surface area contributed by atoms with E-state index in [0.29, 0.717) is 22.9 Å². The molecule has 1 aliphatic rings. The van der Waals surface area contributed by atoms with Gasteiger partial charge in [0, 0.05) is 18.0 Å². The Morgan fingerprint density at radius 3 is 2.78 bits per heavy atom. The summed E-state index contributed by atoms with van der Waals surface area (Å²) in [4.78, 5) is 17.6. The maximum atomic E-state index is 13.0. The number of halogens is 2. The number of aromatic nitrogens is 1. The highest BCUT2D eigenvalue weighted by Gasteiger charge is 2.24. The van der Waals surface area contributed by atoms with Crippen LogP contribution in [0.2, 0.25) is 0 Å². The van der Waals surface area contributed by atoms with Crippen LogP contribution in [0.1, 0.15) is 23.7 Å². The Balaban J connectivity index is 0.00000131. The lowest BCUT2D eigenvalue weighted by atomic mass is 9.94. The van der Waals surface area contributed by atoms with Crippen molar-refractivity contribution in [1.29, 1.82) is 0 Å². The molecule has 3 heterocycles. The molecule has 144 valence electrons. The number of nitrogens with one attached hydrogen (secondary N) is 2. The van der Waals surface area contributed by atoms with E-state index in [9.17, 15) is 4.79 Å². The van der Waals surface area contributed by atoms with Crippen molar-refractivity contribution in [3.05, 3.63) is 54.3 Å². The molecule has 0 bridgehead atoms. The van der Waals surface area contributed by atoms with Crippen LogP contribution in [0.5, 0.6) is 0 Å². The maximum Gasteiger partial charge on any atom is 0.252 e. The Labute approximate surface area is 170 Å². The van der Waals surface area contributed by atoms with Crippen LogP contribution in [-0.2, 0) is 0 Å². The Morgan fingerprint density at radius 2 is 2.04 bits per heavy atom. The molecule has 4 rings (SSSR count). The lowest BCUT2D eigenvalue weighted by Gasteiger charge is -2.30. The third-order valence-electron chi connectivity index (χ3n) is 4.88. The summed E-state index contributed by atoms with van der Waals surface area (Å²) in [5, 5.41) is 7.39. The molecule has 0 spiro atoms. The van der Waals surface area contributed by atoms with Gasteiger partial charge in [0.2, 0.25) is 0 Å². The molecular weight excluding hydrogens is 385 g/mol. The minimum absolute atomic E-state index is 0. The van der Waals surface area contributed by atoms with E-state index in [1.54, 1.807) is 6.26 Å². The molecule has 1 fully saturated rings. The van der Waals surface area contributed by atoms with E-state index in [2.05, 4.69) is 22.5 Å². The van der Waals surface area contributed by atoms with Gasteiger partial charge < -0.3 is 15.1 Å². The van der Waals surface area contributed by atoms with Crippen LogP contribution in [0.4, 0.5) is 0 Å². The summed E-state index contributed by atoms with van der Waals surface area (Å²) in [5.41, 5.74) is 2.09. The summed E-state index contributed by atoms with van der Waals surface area (Å²) in [6.07, 6.45) is 2.68. The number of carbonyl (C=O) groups is 1. The number of carbonyl (C=O) groups excluding carboxylic acids is 1. The number of para-hydroxylation sites is 1. The molecule has 2 N–H and O–H groups in total. The molecule has 1 aromatic carbocycles. The van der Waals surface area contributed by atoms with Gasteiger partial charge in [0.05, 0.1) is 17.3 Å². The molecule has 1 saturated heterocycles. The zero-order valence-electron chi connectivity index (χ0n) is 15.0. The Hall–Kier alpha value is -2.08. The highest BCUT2D eigenvalue weighted by molar-refractivity contribution is 6.07. The maximum absolute atomic E-state index is 13.0. The first-order chi connectivity index (χ1) is 12.2. The monoisotopic (exact) mass is 407 g/mol. The van der Waals surface area contributed by atoms with Crippen LogP contribution in [-0.4, -0.2) is 30.0 Å². The summed E-state index contributed by atoms with van der Waals surface area (Å²) in [6.45, 7) is 4.00. The van der Waals surface area contributed by atoms with Crippen LogP contribution < -0.4 is 10.6 Å². The topological polar surface area (TPSA) is 67.2 Å². The quantitative estimate of drug-likeness (QED) is 0.686. The molecule has 7 heteroatoms. The van der Waals surface area contributed by atoms with Crippen molar-refractivity contribution in [3.8, 4) is 11.5 Å². The fourth-order valence-corrected chi connectivity index (χ4v) is 3.34. The van der Waals surface area contributed by atoms with Gasteiger partial charge in [0.15, 0.2) is 5.76 Å². The molecule has 1 amide bonds. The van der Waals surface area contributed by atoms with Crippen LogP contribution in [0.3, 0.4) is 0 Å². The van der Waals surface area contributed by atoms with Crippen molar-refractivity contribution in [3.63, 3.8) is 0 Å². The smallest absolute Gasteiger partial charge is 0.252 e. The second-order valence-electron chi connectivity index (χ2n) is 6.60. The van der Waals surface area contributed by atoms with Crippen molar-refractivity contribution >= 4 is 41.6 Å². The van der Waals surface area contributed by atoms with E-state index >= 15 is 0 Å². The van der Waals surface area contributed by atoms with Crippen molar-refractivity contribution in [1.82, 2.24) is 15.6 Å². The number of piperidine rings is 1. The highest BCUT2D eigenvalue weighted by Crippen LogP contribution is 2.25. The summed E-state index contributed by atoms with van der Waals surface area (Å²) < 4.78 is 5.47. The molecule has 2 atom stereocenters. The lowest BCUT2D eigenvalue weighted by molar-refractivity contribution is 0.0917. The number of nitrogens with zero attached hydrogens (tertiary/aromatic N) is 1. The van der Waals surface area contributed by atoms with Gasteiger partial charge >= 0.3 is 0 Å². The predicted molar refractivity (Wildman–Crippen MR) is 112 cm³/mol. The van der Waals surface area contributed by atoms with Gasteiger partial charge in [0.25, 0.3) is 5.91 Å². The number of rotatable bonds is 3. The van der Waals surface area contributed by atoms with Crippen molar-refractivity contribution < 1.29 is 9.21 Å². The van der Waals surface area contributed by atoms with Gasteiger partial charge in [-0.2, -0.15) is 0 Å². The summed E-state index contributed by atoms with van der Waals surface area (Å²) in [6, 6.07) is 13.3. The van der Waals surface area contributed by atoms with Gasteiger partial charge in [-0.3, -0.25) is 4.79 Å². The molecule has 27 heavy (non-hydrogen) atoms.